The van der Waals surface area contributed by atoms with E-state index < -0.39 is 47.5 Å². The van der Waals surface area contributed by atoms with Crippen LogP contribution in [0.5, 0.6) is 0 Å². The molecule has 1 amide bonds. The molecule has 1 spiro atoms. The second-order valence-electron chi connectivity index (χ2n) is 9.76. The van der Waals surface area contributed by atoms with Gasteiger partial charge in [-0.25, -0.2) is 8.78 Å². The van der Waals surface area contributed by atoms with Gasteiger partial charge in [0.25, 0.3) is 11.8 Å². The van der Waals surface area contributed by atoms with Crippen LogP contribution in [0.15, 0.2) is 35.5 Å². The topological polar surface area (TPSA) is 94.8 Å². The number of oxime groups is 1. The van der Waals surface area contributed by atoms with Gasteiger partial charge in [0.15, 0.2) is 11.4 Å². The fourth-order valence-corrected chi connectivity index (χ4v) is 4.59. The van der Waals surface area contributed by atoms with E-state index in [9.17, 15) is 23.6 Å². The zero-order chi connectivity index (χ0) is 23.7. The smallest absolute Gasteiger partial charge is 0.269 e. The van der Waals surface area contributed by atoms with Crippen molar-refractivity contribution in [3.8, 4) is 6.07 Å². The third-order valence-electron chi connectivity index (χ3n) is 6.71. The minimum absolute atomic E-state index is 0.107. The molecule has 4 rings (SSSR count). The van der Waals surface area contributed by atoms with Crippen LogP contribution in [0.25, 0.3) is 0 Å². The van der Waals surface area contributed by atoms with Crippen molar-refractivity contribution in [2.45, 2.75) is 62.5 Å². The minimum atomic E-state index is -3.22. The molecule has 0 aromatic heterocycles. The first-order valence-corrected chi connectivity index (χ1v) is 11.2. The highest BCUT2D eigenvalue weighted by Crippen LogP contribution is 2.48. The second-order valence-corrected chi connectivity index (χ2v) is 9.76. The third-order valence-corrected chi connectivity index (χ3v) is 6.71. The van der Waals surface area contributed by atoms with Crippen LogP contribution in [-0.4, -0.2) is 60.0 Å². The van der Waals surface area contributed by atoms with Crippen molar-refractivity contribution >= 4 is 17.4 Å². The maximum atomic E-state index is 14.9. The number of carbonyl (C=O) groups excluding carboxylic acids is 2. The fourth-order valence-electron chi connectivity index (χ4n) is 4.59. The molecular formula is C24H28F2N4O3. The molecule has 1 N–H and O–H groups in total. The Bertz CT molecular complexity index is 987. The summed E-state index contributed by atoms with van der Waals surface area (Å²) in [6, 6.07) is 8.99. The molecule has 1 saturated carbocycles. The molecule has 1 unspecified atom stereocenters. The van der Waals surface area contributed by atoms with Gasteiger partial charge in [-0.05, 0) is 25.5 Å². The molecule has 1 aliphatic carbocycles. The van der Waals surface area contributed by atoms with Gasteiger partial charge in [0, 0.05) is 45.2 Å². The molecule has 33 heavy (non-hydrogen) atoms. The third kappa shape index (κ3) is 5.56. The number of alkyl halides is 2. The van der Waals surface area contributed by atoms with E-state index in [1.54, 1.807) is 30.3 Å². The molecule has 1 aromatic carbocycles. The van der Waals surface area contributed by atoms with E-state index in [1.807, 2.05) is 7.05 Å². The SMILES string of the molecule is CN1CCC2(CC(C(=O)N[C@@H](CC(F)(F)Cc3ccccc3)C(=O)CC3(C#N)CC3)=NO2)C1. The molecule has 2 aliphatic heterocycles. The standard InChI is InChI=1S/C24H28F2N4O3/c1-30-10-9-23(16-30)12-19(29-33-23)21(32)28-18(20(31)14-22(15-27)7-8-22)13-24(25,26)11-17-5-3-2-4-6-17/h2-6,18H,7-14,16H2,1H3,(H,28,32)/t18-,23?/m0/s1. The molecule has 3 aliphatic rings. The van der Waals surface area contributed by atoms with Gasteiger partial charge < -0.3 is 15.1 Å². The molecule has 2 fully saturated rings. The molecule has 2 atom stereocenters. The van der Waals surface area contributed by atoms with Crippen molar-refractivity contribution in [3.05, 3.63) is 35.9 Å². The van der Waals surface area contributed by atoms with Crippen molar-refractivity contribution in [2.24, 2.45) is 10.6 Å². The number of amides is 1. The van der Waals surface area contributed by atoms with Crippen LogP contribution >= 0.6 is 0 Å². The molecule has 1 aromatic rings. The van der Waals surface area contributed by atoms with Gasteiger partial charge in [0.05, 0.1) is 17.5 Å². The Morgan fingerprint density at radius 3 is 2.64 bits per heavy atom. The maximum absolute atomic E-state index is 14.9. The highest BCUT2D eigenvalue weighted by molar-refractivity contribution is 6.39. The number of hydrogen-bond acceptors (Lipinski definition) is 6. The lowest BCUT2D eigenvalue weighted by Gasteiger charge is -2.24. The summed E-state index contributed by atoms with van der Waals surface area (Å²) >= 11 is 0. The summed E-state index contributed by atoms with van der Waals surface area (Å²) < 4.78 is 29.9. The van der Waals surface area contributed by atoms with Crippen molar-refractivity contribution in [3.63, 3.8) is 0 Å². The molecule has 9 heteroatoms. The number of likely N-dealkylation sites (tertiary alicyclic amines) is 1. The number of nitrogens with one attached hydrogen (secondary N) is 1. The van der Waals surface area contributed by atoms with E-state index in [2.05, 4.69) is 21.4 Å². The average Bonchev–Trinajstić information content (AvgIpc) is 3.26. The number of nitriles is 1. The number of Topliss-reactive ketones (excluding diaryl/α,β-unsaturated/α-hetero) is 1. The predicted molar refractivity (Wildman–Crippen MR) is 117 cm³/mol. The lowest BCUT2D eigenvalue weighted by atomic mass is 9.91. The normalized spacial score (nSPS) is 24.6. The van der Waals surface area contributed by atoms with Gasteiger partial charge in [0.2, 0.25) is 0 Å². The highest BCUT2D eigenvalue weighted by Gasteiger charge is 2.49. The lowest BCUT2D eigenvalue weighted by molar-refractivity contribution is -0.128. The number of hydrogen-bond donors (Lipinski definition) is 1. The number of ketones is 1. The monoisotopic (exact) mass is 458 g/mol. The second kappa shape index (κ2) is 8.82. The Morgan fingerprint density at radius 1 is 1.30 bits per heavy atom. The van der Waals surface area contributed by atoms with Gasteiger partial charge in [-0.1, -0.05) is 35.5 Å². The molecule has 0 bridgehead atoms. The van der Waals surface area contributed by atoms with E-state index in [0.717, 1.165) is 6.54 Å². The van der Waals surface area contributed by atoms with E-state index in [1.165, 1.54) is 0 Å². The average molecular weight is 459 g/mol. The fraction of sp³-hybridized carbons (Fsp3) is 0.583. The van der Waals surface area contributed by atoms with E-state index in [0.29, 0.717) is 31.4 Å². The summed E-state index contributed by atoms with van der Waals surface area (Å²) in [7, 11) is 1.95. The summed E-state index contributed by atoms with van der Waals surface area (Å²) in [5.74, 6) is -4.44. The van der Waals surface area contributed by atoms with Crippen molar-refractivity contribution in [1.82, 2.24) is 10.2 Å². The first-order valence-electron chi connectivity index (χ1n) is 11.2. The maximum Gasteiger partial charge on any atom is 0.269 e. The summed E-state index contributed by atoms with van der Waals surface area (Å²) in [5.41, 5.74) is -0.814. The largest absolute Gasteiger partial charge is 0.387 e. The zero-order valence-electron chi connectivity index (χ0n) is 18.7. The molecule has 2 heterocycles. The molecular weight excluding hydrogens is 430 g/mol. The molecule has 1 saturated heterocycles. The van der Waals surface area contributed by atoms with E-state index in [4.69, 9.17) is 4.84 Å². The summed E-state index contributed by atoms with van der Waals surface area (Å²) in [6.07, 6.45) is 0.582. The van der Waals surface area contributed by atoms with Crippen LogP contribution in [0, 0.1) is 16.7 Å². The van der Waals surface area contributed by atoms with Crippen LogP contribution < -0.4 is 5.32 Å². The van der Waals surface area contributed by atoms with Crippen LogP contribution in [0.3, 0.4) is 0 Å². The molecule has 7 nitrogen and oxygen atoms in total. The van der Waals surface area contributed by atoms with Crippen LogP contribution in [0.1, 0.15) is 44.1 Å². The van der Waals surface area contributed by atoms with Gasteiger partial charge >= 0.3 is 0 Å². The Kier molecular flexibility index (Phi) is 6.23. The van der Waals surface area contributed by atoms with Crippen LogP contribution in [0.2, 0.25) is 0 Å². The Hall–Kier alpha value is -2.86. The van der Waals surface area contributed by atoms with E-state index >= 15 is 0 Å². The number of halogens is 2. The highest BCUT2D eigenvalue weighted by atomic mass is 19.3. The number of carbonyl (C=O) groups is 2. The van der Waals surface area contributed by atoms with Crippen LogP contribution in [-0.2, 0) is 20.8 Å². The quantitative estimate of drug-likeness (QED) is 0.614. The predicted octanol–water partition coefficient (Wildman–Crippen LogP) is 2.85. The van der Waals surface area contributed by atoms with Crippen molar-refractivity contribution in [1.29, 1.82) is 5.26 Å². The number of rotatable bonds is 9. The van der Waals surface area contributed by atoms with Gasteiger partial charge in [0.1, 0.15) is 5.71 Å². The Balaban J connectivity index is 1.45. The molecule has 0 radical (unpaired) electrons. The Labute approximate surface area is 191 Å². The van der Waals surface area contributed by atoms with Gasteiger partial charge in [-0.2, -0.15) is 5.26 Å². The first-order chi connectivity index (χ1) is 15.6. The number of nitrogens with zero attached hydrogens (tertiary/aromatic N) is 3. The van der Waals surface area contributed by atoms with Crippen molar-refractivity contribution < 1.29 is 23.2 Å². The molecule has 176 valence electrons. The first kappa shape index (κ1) is 23.3. The van der Waals surface area contributed by atoms with Crippen LogP contribution in [0.4, 0.5) is 8.78 Å². The Morgan fingerprint density at radius 2 is 2.03 bits per heavy atom. The summed E-state index contributed by atoms with van der Waals surface area (Å²) in [6.45, 7) is 1.43. The van der Waals surface area contributed by atoms with Gasteiger partial charge in [-0.15, -0.1) is 0 Å². The number of likely N-dealkylation sites (N-methyl/N-ethyl adjacent to an activating group) is 1. The zero-order valence-corrected chi connectivity index (χ0v) is 18.7. The summed E-state index contributed by atoms with van der Waals surface area (Å²) in [4.78, 5) is 33.5. The van der Waals surface area contributed by atoms with E-state index in [-0.39, 0.29) is 18.6 Å². The minimum Gasteiger partial charge on any atom is -0.387 e. The lowest BCUT2D eigenvalue weighted by Crippen LogP contribution is -2.48. The summed E-state index contributed by atoms with van der Waals surface area (Å²) in [5, 5.41) is 15.7. The van der Waals surface area contributed by atoms with Gasteiger partial charge in [-0.3, -0.25) is 9.59 Å². The van der Waals surface area contributed by atoms with Crippen molar-refractivity contribution in [2.75, 3.05) is 20.1 Å². The number of benzene rings is 1.